The molecule has 0 radical (unpaired) electrons. The molecule has 2 aromatic rings. The first-order valence-electron chi connectivity index (χ1n) is 12.0. The average molecular weight is 422 g/mol. The van der Waals surface area contributed by atoms with Crippen molar-refractivity contribution in [1.82, 2.24) is 5.32 Å². The molecule has 2 aromatic carbocycles. The van der Waals surface area contributed by atoms with Crippen molar-refractivity contribution in [2.45, 2.75) is 82.5 Å². The predicted molar refractivity (Wildman–Crippen MR) is 131 cm³/mol. The molecule has 0 spiro atoms. The van der Waals surface area contributed by atoms with Crippen LogP contribution in [0.2, 0.25) is 24.2 Å². The zero-order valence-electron chi connectivity index (χ0n) is 19.0. The zero-order chi connectivity index (χ0) is 21.2. The Hall–Kier alpha value is -1.87. The molecule has 0 aromatic heterocycles. The van der Waals surface area contributed by atoms with Gasteiger partial charge in [-0.3, -0.25) is 4.79 Å². The number of hydrogen-bond donors (Lipinski definition) is 1. The van der Waals surface area contributed by atoms with Gasteiger partial charge >= 0.3 is 0 Å². The minimum absolute atomic E-state index is 0.205. The van der Waals surface area contributed by atoms with Gasteiger partial charge in [0.1, 0.15) is 0 Å². The van der Waals surface area contributed by atoms with E-state index >= 15 is 0 Å². The summed E-state index contributed by atoms with van der Waals surface area (Å²) in [5.74, 6) is 0.453. The minimum Gasteiger partial charge on any atom is -0.355 e. The fraction of sp³-hybridized carbons (Fsp3) is 0.519. The fourth-order valence-electron chi connectivity index (χ4n) is 5.07. The molecule has 30 heavy (non-hydrogen) atoms. The number of nitrogens with one attached hydrogen (secondary N) is 1. The van der Waals surface area contributed by atoms with Gasteiger partial charge in [0, 0.05) is 18.9 Å². The number of carbonyl (C=O) groups is 1. The number of amides is 1. The van der Waals surface area contributed by atoms with Gasteiger partial charge in [-0.05, 0) is 24.1 Å². The van der Waals surface area contributed by atoms with E-state index < -0.39 is 8.07 Å². The monoisotopic (exact) mass is 421 g/mol. The maximum atomic E-state index is 12.8. The van der Waals surface area contributed by atoms with Gasteiger partial charge in [-0.2, -0.15) is 0 Å². The van der Waals surface area contributed by atoms with Crippen molar-refractivity contribution < 1.29 is 4.79 Å². The molecular weight excluding hydrogens is 382 g/mol. The highest BCUT2D eigenvalue weighted by Gasteiger charge is 2.33. The molecule has 1 aliphatic heterocycles. The van der Waals surface area contributed by atoms with Gasteiger partial charge in [0.15, 0.2) is 0 Å². The van der Waals surface area contributed by atoms with Crippen LogP contribution in [0.4, 0.5) is 0 Å². The van der Waals surface area contributed by atoms with Crippen LogP contribution in [-0.2, 0) is 4.79 Å². The van der Waals surface area contributed by atoms with E-state index in [1.807, 2.05) is 0 Å². The molecule has 1 atom stereocenters. The first kappa shape index (κ1) is 22.8. The molecule has 1 aliphatic rings. The Labute approximate surface area is 184 Å². The first-order valence-corrected chi connectivity index (χ1v) is 14.8. The van der Waals surface area contributed by atoms with Gasteiger partial charge in [-0.15, -0.1) is 0 Å². The van der Waals surface area contributed by atoms with Crippen molar-refractivity contribution in [1.29, 1.82) is 0 Å². The lowest BCUT2D eigenvalue weighted by atomic mass is 9.90. The Bertz CT molecular complexity index is 765. The highest BCUT2D eigenvalue weighted by Crippen LogP contribution is 2.37. The van der Waals surface area contributed by atoms with E-state index in [9.17, 15) is 4.79 Å². The van der Waals surface area contributed by atoms with E-state index in [-0.39, 0.29) is 11.8 Å². The Morgan fingerprint density at radius 2 is 1.60 bits per heavy atom. The summed E-state index contributed by atoms with van der Waals surface area (Å²) in [7, 11) is -1.22. The Morgan fingerprint density at radius 1 is 0.933 bits per heavy atom. The number of unbranched alkanes of at least 4 members (excludes halogenated alkanes) is 1. The van der Waals surface area contributed by atoms with Gasteiger partial charge in [0.2, 0.25) is 5.91 Å². The van der Waals surface area contributed by atoms with E-state index in [0.29, 0.717) is 6.54 Å². The summed E-state index contributed by atoms with van der Waals surface area (Å²) in [4.78, 5) is 12.8. The van der Waals surface area contributed by atoms with E-state index in [2.05, 4.69) is 73.8 Å². The van der Waals surface area contributed by atoms with Gasteiger partial charge in [0.25, 0.3) is 0 Å². The lowest BCUT2D eigenvalue weighted by molar-refractivity contribution is -0.120. The highest BCUT2D eigenvalue weighted by molar-refractivity contribution is 6.80. The zero-order valence-corrected chi connectivity index (χ0v) is 20.0. The van der Waals surface area contributed by atoms with Crippen molar-refractivity contribution in [3.8, 4) is 0 Å². The second-order valence-electron chi connectivity index (χ2n) is 9.34. The van der Waals surface area contributed by atoms with Crippen molar-refractivity contribution in [2.75, 3.05) is 6.54 Å². The van der Waals surface area contributed by atoms with Crippen LogP contribution >= 0.6 is 0 Å². The smallest absolute Gasteiger partial charge is 0.219 e. The molecular formula is C27H39NOSi. The summed E-state index contributed by atoms with van der Waals surface area (Å²) in [5, 5.41) is 3.29. The van der Waals surface area contributed by atoms with Crippen molar-refractivity contribution in [2.24, 2.45) is 0 Å². The molecule has 0 aliphatic carbocycles. The number of rotatable bonds is 10. The molecule has 1 fully saturated rings. The van der Waals surface area contributed by atoms with Crippen molar-refractivity contribution >= 4 is 14.0 Å². The molecule has 1 unspecified atom stereocenters. The predicted octanol–water partition coefficient (Wildman–Crippen LogP) is 7.07. The maximum Gasteiger partial charge on any atom is 0.219 e. The van der Waals surface area contributed by atoms with Gasteiger partial charge in [0.05, 0.1) is 8.07 Å². The number of aryl methyl sites for hydroxylation is 1. The van der Waals surface area contributed by atoms with E-state index in [4.69, 9.17) is 0 Å². The number of carbonyl (C=O) groups excluding carboxylic acids is 1. The second kappa shape index (κ2) is 11.5. The van der Waals surface area contributed by atoms with Crippen LogP contribution in [0.25, 0.3) is 0 Å². The van der Waals surface area contributed by atoms with Crippen LogP contribution in [0.1, 0.15) is 68.1 Å². The van der Waals surface area contributed by atoms with E-state index in [1.165, 1.54) is 73.0 Å². The van der Waals surface area contributed by atoms with Gasteiger partial charge < -0.3 is 5.32 Å². The molecule has 1 amide bonds. The topological polar surface area (TPSA) is 29.1 Å². The fourth-order valence-corrected chi connectivity index (χ4v) is 10.4. The quantitative estimate of drug-likeness (QED) is 0.408. The van der Waals surface area contributed by atoms with Gasteiger partial charge in [-0.25, -0.2) is 0 Å². The van der Waals surface area contributed by atoms with Gasteiger partial charge in [-0.1, -0.05) is 117 Å². The van der Waals surface area contributed by atoms with Crippen LogP contribution in [0.15, 0.2) is 54.6 Å². The third-order valence-electron chi connectivity index (χ3n) is 7.04. The Morgan fingerprint density at radius 3 is 2.27 bits per heavy atom. The molecule has 162 valence electrons. The van der Waals surface area contributed by atoms with Crippen molar-refractivity contribution in [3.05, 3.63) is 71.3 Å². The third-order valence-corrected chi connectivity index (χ3v) is 12.6. The normalized spacial score (nSPS) is 16.7. The summed E-state index contributed by atoms with van der Waals surface area (Å²) in [6.45, 7) is 5.09. The van der Waals surface area contributed by atoms with Crippen LogP contribution in [0.5, 0.6) is 0 Å². The largest absolute Gasteiger partial charge is 0.355 e. The van der Waals surface area contributed by atoms with Crippen LogP contribution < -0.4 is 5.32 Å². The standard InChI is InChI=1S/C27H39NOSi/c1-3-4-18-30(19-9-6-10-20-30)21-17-27(29)28-22-26(24-11-7-5-8-12-24)25-15-13-23(2)14-16-25/h5,7-8,11-16,26H,3-4,6,9-10,17-22H2,1-2H3,(H,28,29). The molecule has 2 nitrogen and oxygen atoms in total. The third kappa shape index (κ3) is 6.56. The van der Waals surface area contributed by atoms with E-state index in [0.717, 1.165) is 6.42 Å². The number of benzene rings is 2. The first-order chi connectivity index (χ1) is 14.6. The lowest BCUT2D eigenvalue weighted by Crippen LogP contribution is -2.38. The molecule has 3 heteroatoms. The molecule has 3 rings (SSSR count). The summed E-state index contributed by atoms with van der Waals surface area (Å²) in [5.41, 5.74) is 3.81. The molecule has 1 heterocycles. The molecule has 1 N–H and O–H groups in total. The van der Waals surface area contributed by atoms with Crippen LogP contribution in [-0.4, -0.2) is 20.5 Å². The average Bonchev–Trinajstić information content (AvgIpc) is 2.79. The lowest BCUT2D eigenvalue weighted by Gasteiger charge is -2.35. The second-order valence-corrected chi connectivity index (χ2v) is 14.3. The summed E-state index contributed by atoms with van der Waals surface area (Å²) >= 11 is 0. The molecule has 0 bridgehead atoms. The summed E-state index contributed by atoms with van der Waals surface area (Å²) in [6, 6.07) is 24.9. The van der Waals surface area contributed by atoms with Crippen LogP contribution in [0, 0.1) is 6.92 Å². The molecule has 0 saturated carbocycles. The Balaban J connectivity index is 1.60. The number of hydrogen-bond acceptors (Lipinski definition) is 1. The maximum absolute atomic E-state index is 12.8. The highest BCUT2D eigenvalue weighted by atomic mass is 28.3. The summed E-state index contributed by atoms with van der Waals surface area (Å²) in [6.07, 6.45) is 7.59. The van der Waals surface area contributed by atoms with E-state index in [1.54, 1.807) is 0 Å². The van der Waals surface area contributed by atoms with Crippen LogP contribution in [0.3, 0.4) is 0 Å². The minimum atomic E-state index is -1.22. The molecule has 1 saturated heterocycles. The Kier molecular flexibility index (Phi) is 8.74. The summed E-state index contributed by atoms with van der Waals surface area (Å²) < 4.78 is 0. The SMILES string of the molecule is CCCC[Si]1(CCC(=O)NCC(c2ccccc2)c2ccc(C)cc2)CCCCC1. The van der Waals surface area contributed by atoms with Crippen molar-refractivity contribution in [3.63, 3.8) is 0 Å².